The van der Waals surface area contributed by atoms with Crippen molar-refractivity contribution in [2.45, 2.75) is 19.0 Å². The lowest BCUT2D eigenvalue weighted by molar-refractivity contribution is -0.384. The van der Waals surface area contributed by atoms with Crippen LogP contribution in [-0.4, -0.2) is 59.3 Å². The predicted molar refractivity (Wildman–Crippen MR) is 119 cm³/mol. The van der Waals surface area contributed by atoms with E-state index in [9.17, 15) is 24.5 Å². The molecule has 1 N–H and O–H groups in total. The fraction of sp³-hybridized carbons (Fsp3) is 0.350. The molecule has 0 fully saturated rings. The monoisotopic (exact) mass is 465 g/mol. The Bertz CT molecular complexity index is 919. The summed E-state index contributed by atoms with van der Waals surface area (Å²) in [5, 5.41) is 15.4. The van der Waals surface area contributed by atoms with Crippen molar-refractivity contribution in [2.75, 3.05) is 25.7 Å². The van der Waals surface area contributed by atoms with Crippen LogP contribution in [-0.2, 0) is 20.9 Å². The first-order valence-corrected chi connectivity index (χ1v) is 11.6. The lowest BCUT2D eigenvalue weighted by atomic mass is 10.1. The molecule has 0 spiro atoms. The summed E-state index contributed by atoms with van der Waals surface area (Å²) < 4.78 is 5.14. The number of non-ortho nitro benzene ring substituents is 1. The molecule has 9 nitrogen and oxygen atoms in total. The van der Waals surface area contributed by atoms with Crippen molar-refractivity contribution in [1.29, 1.82) is 0 Å². The number of benzene rings is 1. The number of hydrogen-bond acceptors (Lipinski definition) is 8. The number of nitrogens with one attached hydrogen (secondary N) is 1. The van der Waals surface area contributed by atoms with E-state index in [-0.39, 0.29) is 17.2 Å². The molecule has 0 radical (unpaired) electrons. The van der Waals surface area contributed by atoms with Crippen molar-refractivity contribution >= 4 is 46.6 Å². The van der Waals surface area contributed by atoms with Crippen molar-refractivity contribution in [2.24, 2.45) is 0 Å². The van der Waals surface area contributed by atoms with Gasteiger partial charge in [-0.1, -0.05) is 12.1 Å². The van der Waals surface area contributed by atoms with E-state index >= 15 is 0 Å². The zero-order valence-corrected chi connectivity index (χ0v) is 18.7. The lowest BCUT2D eigenvalue weighted by Crippen LogP contribution is -2.43. The summed E-state index contributed by atoms with van der Waals surface area (Å²) in [6, 6.07) is 8.03. The molecule has 1 heterocycles. The molecule has 2 amide bonds. The number of nitrogens with zero attached hydrogens (tertiary/aromatic N) is 2. The van der Waals surface area contributed by atoms with E-state index in [1.165, 1.54) is 46.2 Å². The zero-order chi connectivity index (χ0) is 22.8. The molecule has 166 valence electrons. The predicted octanol–water partition coefficient (Wildman–Crippen LogP) is 2.71. The average Bonchev–Trinajstić information content (AvgIpc) is 3.27. The Morgan fingerprint density at radius 1 is 1.29 bits per heavy atom. The number of thioether (sulfide) groups is 1. The molecule has 0 aliphatic rings. The normalized spacial score (nSPS) is 11.4. The van der Waals surface area contributed by atoms with E-state index in [1.54, 1.807) is 7.05 Å². The van der Waals surface area contributed by atoms with Crippen LogP contribution in [0.25, 0.3) is 0 Å². The van der Waals surface area contributed by atoms with Gasteiger partial charge in [0.15, 0.2) is 6.61 Å². The van der Waals surface area contributed by atoms with E-state index in [0.29, 0.717) is 18.7 Å². The highest BCUT2D eigenvalue weighted by molar-refractivity contribution is 7.98. The Morgan fingerprint density at radius 2 is 2.06 bits per heavy atom. The summed E-state index contributed by atoms with van der Waals surface area (Å²) in [4.78, 5) is 50.0. The number of hydrogen-bond donors (Lipinski definition) is 1. The standard InChI is InChI=1S/C20H23N3O6S2/c1-22(12-16-7-4-9-31-16)18(24)13-29-20(26)17(8-10-30-2)21-19(25)14-5-3-6-15(11-14)23(27)28/h3-7,9,11,17H,8,10,12-13H2,1-2H3,(H,21,25)/t17-/m1/s1. The third-order valence-corrected chi connectivity index (χ3v) is 5.76. The van der Waals surface area contributed by atoms with Crippen molar-refractivity contribution in [3.05, 3.63) is 62.3 Å². The Labute approximate surface area is 187 Å². The third-order valence-electron chi connectivity index (χ3n) is 4.26. The number of rotatable bonds is 11. The first-order chi connectivity index (χ1) is 14.8. The van der Waals surface area contributed by atoms with Crippen LogP contribution in [0.5, 0.6) is 0 Å². The van der Waals surface area contributed by atoms with Crippen molar-refractivity contribution in [3.63, 3.8) is 0 Å². The highest BCUT2D eigenvalue weighted by Crippen LogP contribution is 2.14. The number of likely N-dealkylation sites (N-methyl/N-ethyl adjacent to an activating group) is 1. The van der Waals surface area contributed by atoms with Crippen LogP contribution in [0.15, 0.2) is 41.8 Å². The van der Waals surface area contributed by atoms with Crippen molar-refractivity contribution in [3.8, 4) is 0 Å². The highest BCUT2D eigenvalue weighted by Gasteiger charge is 2.24. The summed E-state index contributed by atoms with van der Waals surface area (Å²) in [7, 11) is 1.62. The Kier molecular flexibility index (Phi) is 9.47. The molecule has 11 heteroatoms. The Morgan fingerprint density at radius 3 is 2.71 bits per heavy atom. The fourth-order valence-corrected chi connectivity index (χ4v) is 3.78. The van der Waals surface area contributed by atoms with Crippen molar-refractivity contribution < 1.29 is 24.0 Å². The summed E-state index contributed by atoms with van der Waals surface area (Å²) in [5.74, 6) is -1.16. The van der Waals surface area contributed by atoms with Gasteiger partial charge in [0.1, 0.15) is 6.04 Å². The molecule has 1 aromatic heterocycles. The largest absolute Gasteiger partial charge is 0.454 e. The Hall–Kier alpha value is -2.92. The molecule has 31 heavy (non-hydrogen) atoms. The van der Waals surface area contributed by atoms with Crippen LogP contribution in [0.1, 0.15) is 21.7 Å². The van der Waals surface area contributed by atoms with Crippen molar-refractivity contribution in [1.82, 2.24) is 10.2 Å². The number of nitro benzene ring substituents is 1. The van der Waals surface area contributed by atoms with Gasteiger partial charge in [0.2, 0.25) is 0 Å². The molecular formula is C20H23N3O6S2. The number of ether oxygens (including phenoxy) is 1. The van der Waals surface area contributed by atoms with Crippen LogP contribution in [0.4, 0.5) is 5.69 Å². The summed E-state index contributed by atoms with van der Waals surface area (Å²) in [5.41, 5.74) is -0.168. The van der Waals surface area contributed by atoms with Crippen LogP contribution >= 0.6 is 23.1 Å². The average molecular weight is 466 g/mol. The van der Waals surface area contributed by atoms with Gasteiger partial charge in [0.25, 0.3) is 17.5 Å². The van der Waals surface area contributed by atoms with E-state index < -0.39 is 29.4 Å². The molecule has 2 aromatic rings. The smallest absolute Gasteiger partial charge is 0.329 e. The third kappa shape index (κ3) is 7.68. The number of esters is 1. The second kappa shape index (κ2) is 12.1. The lowest BCUT2D eigenvalue weighted by Gasteiger charge is -2.19. The van der Waals surface area contributed by atoms with Crippen LogP contribution in [0.2, 0.25) is 0 Å². The second-order valence-electron chi connectivity index (χ2n) is 6.55. The van der Waals surface area contributed by atoms with Gasteiger partial charge in [0, 0.05) is 29.6 Å². The van der Waals surface area contributed by atoms with Gasteiger partial charge in [-0.25, -0.2) is 4.79 Å². The van der Waals surface area contributed by atoms with Gasteiger partial charge >= 0.3 is 5.97 Å². The topological polar surface area (TPSA) is 119 Å². The quantitative estimate of drug-likeness (QED) is 0.308. The maximum atomic E-state index is 12.5. The molecule has 1 aromatic carbocycles. The number of amides is 2. The van der Waals surface area contributed by atoms with Gasteiger partial charge in [0.05, 0.1) is 11.5 Å². The van der Waals surface area contributed by atoms with Gasteiger partial charge in [-0.15, -0.1) is 11.3 Å². The molecule has 0 saturated carbocycles. The van der Waals surface area contributed by atoms with Gasteiger partial charge < -0.3 is 15.0 Å². The Balaban J connectivity index is 1.96. The minimum atomic E-state index is -0.977. The van der Waals surface area contributed by atoms with E-state index in [2.05, 4.69) is 5.32 Å². The molecule has 2 rings (SSSR count). The van der Waals surface area contributed by atoms with E-state index in [4.69, 9.17) is 4.74 Å². The number of carbonyl (C=O) groups excluding carboxylic acids is 3. The SMILES string of the molecule is CSCC[C@@H](NC(=O)c1cccc([N+](=O)[O-])c1)C(=O)OCC(=O)N(C)Cc1cccs1. The molecule has 0 unspecified atom stereocenters. The van der Waals surface area contributed by atoms with Gasteiger partial charge in [-0.05, 0) is 35.9 Å². The minimum absolute atomic E-state index is 0.0582. The van der Waals surface area contributed by atoms with Gasteiger partial charge in [-0.3, -0.25) is 19.7 Å². The highest BCUT2D eigenvalue weighted by atomic mass is 32.2. The summed E-state index contributed by atoms with van der Waals surface area (Å²) in [6.45, 7) is -0.0311. The molecule has 0 saturated heterocycles. The summed E-state index contributed by atoms with van der Waals surface area (Å²) in [6.07, 6.45) is 2.15. The van der Waals surface area contributed by atoms with Crippen LogP contribution < -0.4 is 5.32 Å². The van der Waals surface area contributed by atoms with Crippen LogP contribution in [0.3, 0.4) is 0 Å². The van der Waals surface area contributed by atoms with E-state index in [1.807, 2.05) is 23.8 Å². The number of carbonyl (C=O) groups is 3. The number of nitro groups is 1. The first-order valence-electron chi connectivity index (χ1n) is 9.29. The molecular weight excluding hydrogens is 442 g/mol. The van der Waals surface area contributed by atoms with Crippen LogP contribution in [0, 0.1) is 10.1 Å². The fourth-order valence-electron chi connectivity index (χ4n) is 2.56. The van der Waals surface area contributed by atoms with E-state index in [0.717, 1.165) is 10.9 Å². The maximum absolute atomic E-state index is 12.5. The molecule has 1 atom stereocenters. The molecule has 0 aliphatic heterocycles. The first kappa shape index (κ1) is 24.4. The summed E-state index contributed by atoms with van der Waals surface area (Å²) >= 11 is 3.01. The maximum Gasteiger partial charge on any atom is 0.329 e. The zero-order valence-electron chi connectivity index (χ0n) is 17.1. The second-order valence-corrected chi connectivity index (χ2v) is 8.57. The minimum Gasteiger partial charge on any atom is -0.454 e. The molecule has 0 bridgehead atoms. The number of thiophene rings is 1. The molecule has 0 aliphatic carbocycles. The van der Waals surface area contributed by atoms with Gasteiger partial charge in [-0.2, -0.15) is 11.8 Å².